The molecule has 0 atom stereocenters. The van der Waals surface area contributed by atoms with Gasteiger partial charge in [0.1, 0.15) is 11.6 Å². The molecule has 0 aliphatic rings. The molecule has 0 saturated carbocycles. The number of rotatable bonds is 3. The zero-order chi connectivity index (χ0) is 13.1. The SMILES string of the molecule is CN(Cc1c(N)cccc1F)c1cccc(O)c1. The van der Waals surface area contributed by atoms with Crippen LogP contribution in [0.5, 0.6) is 5.75 Å². The first-order valence-electron chi connectivity index (χ1n) is 5.61. The third-order valence-electron chi connectivity index (χ3n) is 2.82. The molecule has 0 amide bonds. The molecule has 0 bridgehead atoms. The van der Waals surface area contributed by atoms with E-state index in [2.05, 4.69) is 0 Å². The second-order valence-corrected chi connectivity index (χ2v) is 4.18. The highest BCUT2D eigenvalue weighted by Gasteiger charge is 2.09. The zero-order valence-corrected chi connectivity index (χ0v) is 10.1. The van der Waals surface area contributed by atoms with Gasteiger partial charge in [-0.1, -0.05) is 12.1 Å². The maximum Gasteiger partial charge on any atom is 0.130 e. The number of aromatic hydroxyl groups is 1. The van der Waals surface area contributed by atoms with E-state index in [-0.39, 0.29) is 11.6 Å². The minimum absolute atomic E-state index is 0.181. The van der Waals surface area contributed by atoms with Crippen molar-refractivity contribution in [1.29, 1.82) is 0 Å². The zero-order valence-electron chi connectivity index (χ0n) is 10.1. The Balaban J connectivity index is 2.24. The molecule has 0 saturated heterocycles. The number of hydrogen-bond acceptors (Lipinski definition) is 3. The summed E-state index contributed by atoms with van der Waals surface area (Å²) in [5, 5.41) is 9.41. The van der Waals surface area contributed by atoms with E-state index in [9.17, 15) is 9.50 Å². The fraction of sp³-hybridized carbons (Fsp3) is 0.143. The van der Waals surface area contributed by atoms with Crippen molar-refractivity contribution in [1.82, 2.24) is 0 Å². The highest BCUT2D eigenvalue weighted by atomic mass is 19.1. The molecule has 4 heteroatoms. The van der Waals surface area contributed by atoms with E-state index in [0.717, 1.165) is 5.69 Å². The van der Waals surface area contributed by atoms with Gasteiger partial charge < -0.3 is 15.7 Å². The Morgan fingerprint density at radius 1 is 1.22 bits per heavy atom. The number of nitrogens with two attached hydrogens (primary N) is 1. The Hall–Kier alpha value is -2.23. The highest BCUT2D eigenvalue weighted by molar-refractivity contribution is 5.53. The minimum atomic E-state index is -0.318. The Labute approximate surface area is 105 Å². The molecule has 0 aromatic heterocycles. The molecule has 0 fully saturated rings. The lowest BCUT2D eigenvalue weighted by Crippen LogP contribution is -2.18. The quantitative estimate of drug-likeness (QED) is 0.819. The van der Waals surface area contributed by atoms with Gasteiger partial charge in [0.15, 0.2) is 0 Å². The van der Waals surface area contributed by atoms with E-state index in [1.165, 1.54) is 6.07 Å². The average Bonchev–Trinajstić information content (AvgIpc) is 2.34. The highest BCUT2D eigenvalue weighted by Crippen LogP contribution is 2.23. The van der Waals surface area contributed by atoms with Crippen molar-refractivity contribution in [3.05, 3.63) is 53.8 Å². The summed E-state index contributed by atoms with van der Waals surface area (Å²) in [6.07, 6.45) is 0. The third kappa shape index (κ3) is 2.53. The van der Waals surface area contributed by atoms with Crippen molar-refractivity contribution in [2.45, 2.75) is 6.54 Å². The second kappa shape index (κ2) is 4.96. The van der Waals surface area contributed by atoms with Gasteiger partial charge >= 0.3 is 0 Å². The van der Waals surface area contributed by atoms with Crippen molar-refractivity contribution in [3.8, 4) is 5.75 Å². The summed E-state index contributed by atoms with van der Waals surface area (Å²) in [6, 6.07) is 11.5. The standard InChI is InChI=1S/C14H15FN2O/c1-17(10-4-2-5-11(18)8-10)9-12-13(15)6-3-7-14(12)16/h2-8,18H,9,16H2,1H3. The van der Waals surface area contributed by atoms with Crippen LogP contribution >= 0.6 is 0 Å². The van der Waals surface area contributed by atoms with Crippen LogP contribution in [0, 0.1) is 5.82 Å². The van der Waals surface area contributed by atoms with Crippen LogP contribution in [0.4, 0.5) is 15.8 Å². The Bertz CT molecular complexity index is 537. The number of nitrogen functional groups attached to an aromatic ring is 1. The van der Waals surface area contributed by atoms with Crippen LogP contribution < -0.4 is 10.6 Å². The molecule has 0 aliphatic carbocycles. The van der Waals surface area contributed by atoms with Crippen LogP contribution in [-0.2, 0) is 6.54 Å². The maximum atomic E-state index is 13.6. The molecule has 94 valence electrons. The van der Waals surface area contributed by atoms with Gasteiger partial charge in [-0.15, -0.1) is 0 Å². The van der Waals surface area contributed by atoms with Crippen LogP contribution in [-0.4, -0.2) is 12.2 Å². The lowest BCUT2D eigenvalue weighted by Gasteiger charge is -2.20. The topological polar surface area (TPSA) is 49.5 Å². The van der Waals surface area contributed by atoms with Gasteiger partial charge in [0, 0.05) is 36.6 Å². The monoisotopic (exact) mass is 246 g/mol. The van der Waals surface area contributed by atoms with Crippen LogP contribution in [0.3, 0.4) is 0 Å². The van der Waals surface area contributed by atoms with Gasteiger partial charge in [0.2, 0.25) is 0 Å². The number of hydrogen-bond donors (Lipinski definition) is 2. The van der Waals surface area contributed by atoms with Gasteiger partial charge in [0.05, 0.1) is 0 Å². The van der Waals surface area contributed by atoms with Crippen LogP contribution in [0.2, 0.25) is 0 Å². The lowest BCUT2D eigenvalue weighted by molar-refractivity contribution is 0.475. The Morgan fingerprint density at radius 2 is 1.94 bits per heavy atom. The van der Waals surface area contributed by atoms with E-state index >= 15 is 0 Å². The fourth-order valence-corrected chi connectivity index (χ4v) is 1.80. The van der Waals surface area contributed by atoms with Gasteiger partial charge in [-0.3, -0.25) is 0 Å². The summed E-state index contributed by atoms with van der Waals surface area (Å²) in [7, 11) is 1.82. The predicted octanol–water partition coefficient (Wildman–Crippen LogP) is 2.75. The molecule has 0 unspecified atom stereocenters. The molecule has 0 radical (unpaired) electrons. The summed E-state index contributed by atoms with van der Waals surface area (Å²) in [5.41, 5.74) is 7.46. The van der Waals surface area contributed by atoms with Crippen LogP contribution in [0.15, 0.2) is 42.5 Å². The largest absolute Gasteiger partial charge is 0.508 e. The number of anilines is 2. The molecule has 18 heavy (non-hydrogen) atoms. The molecule has 2 rings (SSSR count). The molecule has 2 aromatic carbocycles. The van der Waals surface area contributed by atoms with Crippen molar-refractivity contribution >= 4 is 11.4 Å². The van der Waals surface area contributed by atoms with Crippen molar-refractivity contribution in [3.63, 3.8) is 0 Å². The van der Waals surface area contributed by atoms with E-state index in [4.69, 9.17) is 5.73 Å². The summed E-state index contributed by atoms with van der Waals surface area (Å²) >= 11 is 0. The average molecular weight is 246 g/mol. The van der Waals surface area contributed by atoms with Crippen molar-refractivity contribution in [2.24, 2.45) is 0 Å². The first kappa shape index (κ1) is 12.2. The van der Waals surface area contributed by atoms with Crippen LogP contribution in [0.25, 0.3) is 0 Å². The van der Waals surface area contributed by atoms with Crippen molar-refractivity contribution in [2.75, 3.05) is 17.7 Å². The molecular formula is C14H15FN2O. The molecule has 3 N–H and O–H groups in total. The summed E-state index contributed by atoms with van der Waals surface area (Å²) in [6.45, 7) is 0.349. The van der Waals surface area contributed by atoms with Gasteiger partial charge in [-0.25, -0.2) is 4.39 Å². The minimum Gasteiger partial charge on any atom is -0.508 e. The molecule has 0 heterocycles. The van der Waals surface area contributed by atoms with E-state index in [1.54, 1.807) is 30.3 Å². The normalized spacial score (nSPS) is 10.3. The van der Waals surface area contributed by atoms with Gasteiger partial charge in [-0.2, -0.15) is 0 Å². The fourth-order valence-electron chi connectivity index (χ4n) is 1.80. The molecule has 2 aromatic rings. The summed E-state index contributed by atoms with van der Waals surface area (Å²) in [4.78, 5) is 1.83. The van der Waals surface area contributed by atoms with E-state index < -0.39 is 0 Å². The lowest BCUT2D eigenvalue weighted by atomic mass is 10.1. The number of nitrogens with zero attached hydrogens (tertiary/aromatic N) is 1. The Kier molecular flexibility index (Phi) is 3.37. The Morgan fingerprint density at radius 3 is 2.61 bits per heavy atom. The number of phenolic OH excluding ortho intramolecular Hbond substituents is 1. The second-order valence-electron chi connectivity index (χ2n) is 4.18. The first-order chi connectivity index (χ1) is 8.58. The van der Waals surface area contributed by atoms with E-state index in [0.29, 0.717) is 17.8 Å². The van der Waals surface area contributed by atoms with Gasteiger partial charge in [0.25, 0.3) is 0 Å². The molecular weight excluding hydrogens is 231 g/mol. The summed E-state index contributed by atoms with van der Waals surface area (Å²) < 4.78 is 13.6. The van der Waals surface area contributed by atoms with E-state index in [1.807, 2.05) is 18.0 Å². The number of phenols is 1. The maximum absolute atomic E-state index is 13.6. The smallest absolute Gasteiger partial charge is 0.130 e. The van der Waals surface area contributed by atoms with Crippen LogP contribution in [0.1, 0.15) is 5.56 Å². The predicted molar refractivity (Wildman–Crippen MR) is 71.0 cm³/mol. The van der Waals surface area contributed by atoms with Crippen molar-refractivity contribution < 1.29 is 9.50 Å². The third-order valence-corrected chi connectivity index (χ3v) is 2.82. The number of halogens is 1. The molecule has 3 nitrogen and oxygen atoms in total. The first-order valence-corrected chi connectivity index (χ1v) is 5.61. The molecule has 0 aliphatic heterocycles. The number of benzene rings is 2. The molecule has 0 spiro atoms. The van der Waals surface area contributed by atoms with Gasteiger partial charge in [-0.05, 0) is 24.3 Å². The summed E-state index contributed by atoms with van der Waals surface area (Å²) in [5.74, 6) is -0.136.